The summed E-state index contributed by atoms with van der Waals surface area (Å²) in [6.07, 6.45) is -6.20. The molecule has 16 heavy (non-hydrogen) atoms. The number of aromatic nitrogens is 1. The molecule has 1 aromatic rings. The van der Waals surface area contributed by atoms with Crippen LogP contribution in [0.1, 0.15) is 11.1 Å². The van der Waals surface area contributed by atoms with E-state index in [1.807, 2.05) is 0 Å². The number of aliphatic hydroxyl groups excluding tert-OH is 1. The highest BCUT2D eigenvalue weighted by atomic mass is 19.4. The van der Waals surface area contributed by atoms with Gasteiger partial charge in [-0.05, 0) is 18.6 Å². The van der Waals surface area contributed by atoms with Crippen LogP contribution in [0.15, 0.2) is 12.3 Å². The van der Waals surface area contributed by atoms with Crippen molar-refractivity contribution in [3.05, 3.63) is 23.4 Å². The van der Waals surface area contributed by atoms with Gasteiger partial charge in [-0.1, -0.05) is 0 Å². The zero-order valence-electron chi connectivity index (χ0n) is 8.88. The fourth-order valence-electron chi connectivity index (χ4n) is 1.28. The Morgan fingerprint density at radius 2 is 2.12 bits per heavy atom. The van der Waals surface area contributed by atoms with Gasteiger partial charge >= 0.3 is 6.18 Å². The molecule has 3 nitrogen and oxygen atoms in total. The normalized spacial score (nSPS) is 13.6. The number of alkyl halides is 3. The van der Waals surface area contributed by atoms with Crippen LogP contribution in [0.25, 0.3) is 0 Å². The molecule has 1 unspecified atom stereocenters. The fraction of sp³-hybridized carbons (Fsp3) is 0.500. The summed E-state index contributed by atoms with van der Waals surface area (Å²) in [5, 5.41) is 8.87. The van der Waals surface area contributed by atoms with Gasteiger partial charge in [0, 0.05) is 18.2 Å². The molecule has 90 valence electrons. The lowest BCUT2D eigenvalue weighted by atomic mass is 10.1. The first kappa shape index (κ1) is 12.8. The Kier molecular flexibility index (Phi) is 3.74. The van der Waals surface area contributed by atoms with Gasteiger partial charge in [0.2, 0.25) is 5.88 Å². The van der Waals surface area contributed by atoms with E-state index in [9.17, 15) is 13.2 Å². The third-order valence-electron chi connectivity index (χ3n) is 2.09. The SMILES string of the molecule is COc1ncc(CC(O)C(F)(F)F)cc1C. The summed E-state index contributed by atoms with van der Waals surface area (Å²) >= 11 is 0. The van der Waals surface area contributed by atoms with Crippen LogP contribution in [0, 0.1) is 6.92 Å². The lowest BCUT2D eigenvalue weighted by molar-refractivity contribution is -0.203. The zero-order chi connectivity index (χ0) is 12.3. The van der Waals surface area contributed by atoms with E-state index in [4.69, 9.17) is 9.84 Å². The molecule has 0 saturated heterocycles. The molecule has 0 amide bonds. The molecular formula is C10H12F3NO2. The van der Waals surface area contributed by atoms with Gasteiger partial charge in [-0.3, -0.25) is 0 Å². The summed E-state index contributed by atoms with van der Waals surface area (Å²) in [5.74, 6) is 0.366. The van der Waals surface area contributed by atoms with Crippen molar-refractivity contribution in [2.45, 2.75) is 25.6 Å². The Morgan fingerprint density at radius 3 is 2.56 bits per heavy atom. The van der Waals surface area contributed by atoms with Gasteiger partial charge in [0.1, 0.15) is 0 Å². The van der Waals surface area contributed by atoms with Crippen LogP contribution >= 0.6 is 0 Å². The predicted octanol–water partition coefficient (Wildman–Crippen LogP) is 1.86. The molecular weight excluding hydrogens is 223 g/mol. The van der Waals surface area contributed by atoms with Crippen LogP contribution < -0.4 is 4.74 Å². The number of methoxy groups -OCH3 is 1. The van der Waals surface area contributed by atoms with Gasteiger partial charge in [-0.2, -0.15) is 13.2 Å². The fourth-order valence-corrected chi connectivity index (χ4v) is 1.28. The second-order valence-electron chi connectivity index (χ2n) is 3.43. The Balaban J connectivity index is 2.79. The standard InChI is InChI=1S/C10H12F3NO2/c1-6-3-7(5-14-9(6)16-2)4-8(15)10(11,12)13/h3,5,8,15H,4H2,1-2H3. The minimum atomic E-state index is -4.60. The van der Waals surface area contributed by atoms with E-state index in [1.54, 1.807) is 6.92 Å². The zero-order valence-corrected chi connectivity index (χ0v) is 8.88. The van der Waals surface area contributed by atoms with Crippen molar-refractivity contribution in [2.75, 3.05) is 7.11 Å². The monoisotopic (exact) mass is 235 g/mol. The van der Waals surface area contributed by atoms with Crippen molar-refractivity contribution in [3.8, 4) is 5.88 Å². The van der Waals surface area contributed by atoms with E-state index >= 15 is 0 Å². The third kappa shape index (κ3) is 3.10. The average Bonchev–Trinajstić information content (AvgIpc) is 2.16. The number of halogens is 3. The number of nitrogens with zero attached hydrogens (tertiary/aromatic N) is 1. The maximum Gasteiger partial charge on any atom is 0.414 e. The molecule has 1 N–H and O–H groups in total. The maximum absolute atomic E-state index is 12.1. The van der Waals surface area contributed by atoms with Crippen LogP contribution in [0.5, 0.6) is 5.88 Å². The number of aryl methyl sites for hydroxylation is 1. The van der Waals surface area contributed by atoms with E-state index in [0.29, 0.717) is 17.0 Å². The van der Waals surface area contributed by atoms with Crippen LogP contribution in [0.3, 0.4) is 0 Å². The van der Waals surface area contributed by atoms with Gasteiger partial charge in [-0.15, -0.1) is 0 Å². The van der Waals surface area contributed by atoms with Crippen LogP contribution in [0.2, 0.25) is 0 Å². The Morgan fingerprint density at radius 1 is 1.50 bits per heavy atom. The maximum atomic E-state index is 12.1. The van der Waals surface area contributed by atoms with Crippen molar-refractivity contribution in [1.82, 2.24) is 4.98 Å². The van der Waals surface area contributed by atoms with Crippen molar-refractivity contribution >= 4 is 0 Å². The molecule has 1 rings (SSSR count). The largest absolute Gasteiger partial charge is 0.481 e. The minimum Gasteiger partial charge on any atom is -0.481 e. The first-order valence-electron chi connectivity index (χ1n) is 4.59. The molecule has 0 spiro atoms. The number of pyridine rings is 1. The molecule has 0 aliphatic carbocycles. The van der Waals surface area contributed by atoms with E-state index in [-0.39, 0.29) is 0 Å². The van der Waals surface area contributed by atoms with Gasteiger partial charge in [0.15, 0.2) is 6.10 Å². The highest BCUT2D eigenvalue weighted by Crippen LogP contribution is 2.24. The summed E-state index contributed by atoms with van der Waals surface area (Å²) < 4.78 is 41.1. The van der Waals surface area contributed by atoms with Crippen molar-refractivity contribution in [1.29, 1.82) is 0 Å². The number of aliphatic hydroxyl groups is 1. The van der Waals surface area contributed by atoms with Crippen molar-refractivity contribution < 1.29 is 23.0 Å². The van der Waals surface area contributed by atoms with Crippen LogP contribution in [-0.2, 0) is 6.42 Å². The summed E-state index contributed by atoms with van der Waals surface area (Å²) in [6, 6.07) is 1.51. The van der Waals surface area contributed by atoms with Gasteiger partial charge in [0.05, 0.1) is 7.11 Å². The molecule has 0 aliphatic heterocycles. The number of hydrogen-bond acceptors (Lipinski definition) is 3. The number of rotatable bonds is 3. The molecule has 1 atom stereocenters. The summed E-state index contributed by atoms with van der Waals surface area (Å²) in [5.41, 5.74) is 0.956. The van der Waals surface area contributed by atoms with Crippen molar-refractivity contribution in [3.63, 3.8) is 0 Å². The average molecular weight is 235 g/mol. The summed E-state index contributed by atoms with van der Waals surface area (Å²) in [4.78, 5) is 3.83. The molecule has 0 aromatic carbocycles. The molecule has 1 aromatic heterocycles. The second-order valence-corrected chi connectivity index (χ2v) is 3.43. The molecule has 0 aliphatic rings. The molecule has 0 fully saturated rings. The Labute approximate surface area is 90.9 Å². The molecule has 1 heterocycles. The minimum absolute atomic E-state index is 0.322. The first-order valence-corrected chi connectivity index (χ1v) is 4.59. The number of ether oxygens (including phenoxy) is 1. The van der Waals surface area contributed by atoms with E-state index in [1.165, 1.54) is 19.4 Å². The quantitative estimate of drug-likeness (QED) is 0.869. The second kappa shape index (κ2) is 4.69. The number of hydrogen-bond donors (Lipinski definition) is 1. The smallest absolute Gasteiger partial charge is 0.414 e. The van der Waals surface area contributed by atoms with E-state index in [2.05, 4.69) is 4.98 Å². The topological polar surface area (TPSA) is 42.4 Å². The van der Waals surface area contributed by atoms with E-state index in [0.717, 1.165) is 0 Å². The lowest BCUT2D eigenvalue weighted by Crippen LogP contribution is -2.30. The Hall–Kier alpha value is -1.30. The van der Waals surface area contributed by atoms with Crippen LogP contribution in [0.4, 0.5) is 13.2 Å². The van der Waals surface area contributed by atoms with Crippen LogP contribution in [-0.4, -0.2) is 29.5 Å². The summed E-state index contributed by atoms with van der Waals surface area (Å²) in [7, 11) is 1.43. The molecule has 6 heteroatoms. The predicted molar refractivity (Wildman–Crippen MR) is 51.3 cm³/mol. The lowest BCUT2D eigenvalue weighted by Gasteiger charge is -2.14. The third-order valence-corrected chi connectivity index (χ3v) is 2.09. The molecule has 0 bridgehead atoms. The van der Waals surface area contributed by atoms with E-state index < -0.39 is 18.7 Å². The van der Waals surface area contributed by atoms with Gasteiger partial charge < -0.3 is 9.84 Å². The van der Waals surface area contributed by atoms with Gasteiger partial charge in [-0.25, -0.2) is 4.98 Å². The Bertz CT molecular complexity index is 366. The highest BCUT2D eigenvalue weighted by molar-refractivity contribution is 5.28. The highest BCUT2D eigenvalue weighted by Gasteiger charge is 2.38. The molecule has 0 radical (unpaired) electrons. The first-order chi connectivity index (χ1) is 7.34. The van der Waals surface area contributed by atoms with Crippen molar-refractivity contribution in [2.24, 2.45) is 0 Å². The summed E-state index contributed by atoms with van der Waals surface area (Å²) in [6.45, 7) is 1.68. The molecule has 0 saturated carbocycles. The van der Waals surface area contributed by atoms with Gasteiger partial charge in [0.25, 0.3) is 0 Å².